The normalized spacial score (nSPS) is 13.6. The van der Waals surface area contributed by atoms with Crippen molar-refractivity contribution in [3.8, 4) is 0 Å². The molecule has 2 unspecified atom stereocenters. The number of ether oxygens (including phenoxy) is 4. The topological polar surface area (TPSA) is 221 Å². The first-order chi connectivity index (χ1) is 28.5. The molecule has 2 aromatic carbocycles. The van der Waals surface area contributed by atoms with Crippen molar-refractivity contribution in [2.75, 3.05) is 39.3 Å². The molecule has 0 aliphatic heterocycles. The Balaban J connectivity index is 2.72. The van der Waals surface area contributed by atoms with Gasteiger partial charge in [0.05, 0.1) is 0 Å². The fraction of sp³-hybridized carbons (Fsp3) is 0.550. The summed E-state index contributed by atoms with van der Waals surface area (Å²) >= 11 is 17.6. The van der Waals surface area contributed by atoms with Crippen LogP contribution >= 0.6 is 43.3 Å². The Morgan fingerprint density at radius 1 is 0.733 bits per heavy atom. The summed E-state index contributed by atoms with van der Waals surface area (Å²) in [7, 11) is -0.940. The zero-order chi connectivity index (χ0) is 44.4. The molecule has 60 heavy (non-hydrogen) atoms. The highest BCUT2D eigenvalue weighted by molar-refractivity contribution is 7.25. The van der Waals surface area contributed by atoms with Gasteiger partial charge in [-0.05, 0) is 70.7 Å². The number of carbonyl (C=O) groups excluding carboxylic acids is 4. The summed E-state index contributed by atoms with van der Waals surface area (Å²) in [5, 5.41) is 26.7. The van der Waals surface area contributed by atoms with E-state index in [1.807, 2.05) is 12.1 Å². The first kappa shape index (κ1) is 52.4. The third-order valence-electron chi connectivity index (χ3n) is 8.27. The summed E-state index contributed by atoms with van der Waals surface area (Å²) in [5.41, 5.74) is -2.23. The summed E-state index contributed by atoms with van der Waals surface area (Å²) in [5.74, 6) is -2.68. The van der Waals surface area contributed by atoms with E-state index in [2.05, 4.69) is 21.3 Å². The maximum Gasteiger partial charge on any atom is 0.414 e. The smallest absolute Gasteiger partial charge is 0.414 e. The standard InChI is InChI=1S/C40H57Cl3N7O9P/c1-38(2,3)59-37(54)50(26-34(51)58-29-39(41,42)43)40(60-55,48-32(18-10-12-22-46-24-20-44)35(52)56-27-30-14-6-4-7-15-30)49-33(19-11-13-23-47-25-21-45)36(53)57-28-31-16-8-5-9-17-31/h4-9,14-17,20-21,32-33,44-49H,10-13,18-19,22-29H2,1-3H3. The minimum absolute atomic E-state index is 0.0700. The molecule has 6 N–H and O–H groups in total. The van der Waals surface area contributed by atoms with Gasteiger partial charge in [-0.3, -0.25) is 34.5 Å². The summed E-state index contributed by atoms with van der Waals surface area (Å²) in [4.78, 5) is 56.5. The number of alkyl halides is 3. The van der Waals surface area contributed by atoms with Gasteiger partial charge in [0.2, 0.25) is 17.8 Å². The van der Waals surface area contributed by atoms with Crippen LogP contribution < -0.4 is 21.3 Å². The molecule has 0 radical (unpaired) electrons. The molecule has 0 saturated heterocycles. The van der Waals surface area contributed by atoms with Crippen molar-refractivity contribution < 1.29 is 42.7 Å². The van der Waals surface area contributed by atoms with Crippen LogP contribution in [0.1, 0.15) is 70.4 Å². The number of hydrogen-bond donors (Lipinski definition) is 6. The van der Waals surface area contributed by atoms with Gasteiger partial charge in [-0.2, -0.15) is 0 Å². The lowest BCUT2D eigenvalue weighted by Gasteiger charge is -2.43. The maximum absolute atomic E-state index is 14.3. The van der Waals surface area contributed by atoms with Crippen LogP contribution in [0.4, 0.5) is 4.79 Å². The van der Waals surface area contributed by atoms with Crippen molar-refractivity contribution in [1.29, 1.82) is 10.8 Å². The molecule has 0 aliphatic rings. The number of nitrogens with zero attached hydrogens (tertiary/aromatic N) is 1. The molecule has 0 aliphatic carbocycles. The van der Waals surface area contributed by atoms with E-state index in [-0.39, 0.29) is 26.1 Å². The molecule has 2 rings (SSSR count). The van der Waals surface area contributed by atoms with Crippen LogP contribution in [0, 0.1) is 10.8 Å². The monoisotopic (exact) mass is 915 g/mol. The van der Waals surface area contributed by atoms with Crippen LogP contribution in [0.25, 0.3) is 0 Å². The average molecular weight is 917 g/mol. The van der Waals surface area contributed by atoms with Crippen molar-refractivity contribution in [2.45, 2.75) is 99.5 Å². The average Bonchev–Trinajstić information content (AvgIpc) is 3.21. The van der Waals surface area contributed by atoms with Crippen molar-refractivity contribution in [3.63, 3.8) is 0 Å². The van der Waals surface area contributed by atoms with Crippen LogP contribution in [0.15, 0.2) is 60.7 Å². The first-order valence-electron chi connectivity index (χ1n) is 19.5. The fourth-order valence-electron chi connectivity index (χ4n) is 5.45. The number of amides is 1. The lowest BCUT2D eigenvalue weighted by atomic mass is 10.1. The molecule has 332 valence electrons. The number of halogens is 3. The quantitative estimate of drug-likeness (QED) is 0.0101. The molecule has 0 spiro atoms. The molecule has 0 aromatic heterocycles. The summed E-state index contributed by atoms with van der Waals surface area (Å²) in [6, 6.07) is 15.2. The lowest BCUT2D eigenvalue weighted by Crippen LogP contribution is -2.72. The van der Waals surface area contributed by atoms with Gasteiger partial charge in [0.15, 0.2) is 0 Å². The number of esters is 3. The van der Waals surface area contributed by atoms with Gasteiger partial charge in [-0.1, -0.05) is 108 Å². The van der Waals surface area contributed by atoms with E-state index in [1.165, 1.54) is 12.4 Å². The molecule has 16 nitrogen and oxygen atoms in total. The van der Waals surface area contributed by atoms with E-state index in [0.717, 1.165) is 4.90 Å². The molecule has 0 fully saturated rings. The first-order valence-corrected chi connectivity index (χ1v) is 21.4. The fourth-order valence-corrected chi connectivity index (χ4v) is 6.28. The van der Waals surface area contributed by atoms with Crippen LogP contribution in [0.2, 0.25) is 0 Å². The third-order valence-corrected chi connectivity index (χ3v) is 9.37. The van der Waals surface area contributed by atoms with Gasteiger partial charge in [0.25, 0.3) is 0 Å². The van der Waals surface area contributed by atoms with E-state index in [1.54, 1.807) is 69.3 Å². The molecule has 0 heterocycles. The lowest BCUT2D eigenvalue weighted by molar-refractivity contribution is -0.151. The second-order valence-electron chi connectivity index (χ2n) is 14.5. The third kappa shape index (κ3) is 21.7. The van der Waals surface area contributed by atoms with Crippen LogP contribution in [0.3, 0.4) is 0 Å². The van der Waals surface area contributed by atoms with Crippen LogP contribution in [0.5, 0.6) is 0 Å². The molecule has 20 heteroatoms. The van der Waals surface area contributed by atoms with E-state index in [0.29, 0.717) is 63.0 Å². The highest BCUT2D eigenvalue weighted by Gasteiger charge is 2.49. The Bertz CT molecular complexity index is 1560. The highest BCUT2D eigenvalue weighted by Crippen LogP contribution is 2.30. The van der Waals surface area contributed by atoms with E-state index in [9.17, 15) is 23.7 Å². The zero-order valence-corrected chi connectivity index (χ0v) is 37.3. The number of hydrogen-bond acceptors (Lipinski definition) is 15. The Morgan fingerprint density at radius 2 is 1.18 bits per heavy atom. The SMILES string of the molecule is CC(C)(C)OC(=O)N(CC(=O)OCC(Cl)(Cl)Cl)C(NC(CCCCNCC=N)C(=O)OCc1ccccc1)(NC(CCCCNCC=N)C(=O)OCc1ccccc1)P=O. The van der Waals surface area contributed by atoms with Crippen molar-refractivity contribution >= 4 is 79.7 Å². The van der Waals surface area contributed by atoms with Crippen molar-refractivity contribution in [3.05, 3.63) is 71.8 Å². The zero-order valence-electron chi connectivity index (χ0n) is 34.2. The van der Waals surface area contributed by atoms with Crippen molar-refractivity contribution in [1.82, 2.24) is 26.2 Å². The number of unbranched alkanes of at least 4 members (excludes halogenated alkanes) is 2. The molecular weight excluding hydrogens is 860 g/mol. The molecule has 1 amide bonds. The Hall–Kier alpha value is -3.73. The summed E-state index contributed by atoms with van der Waals surface area (Å²) < 4.78 is 34.3. The van der Waals surface area contributed by atoms with Gasteiger partial charge in [-0.25, -0.2) is 4.79 Å². The van der Waals surface area contributed by atoms with Gasteiger partial charge in [0.1, 0.15) is 44.1 Å². The van der Waals surface area contributed by atoms with Crippen molar-refractivity contribution in [2.24, 2.45) is 0 Å². The number of rotatable bonds is 29. The van der Waals surface area contributed by atoms with E-state index < -0.39 is 72.6 Å². The second-order valence-corrected chi connectivity index (χ2v) is 17.8. The summed E-state index contributed by atoms with van der Waals surface area (Å²) in [6.45, 7) is 4.54. The van der Waals surface area contributed by atoms with Crippen LogP contribution in [-0.2, 0) is 51.1 Å². The summed E-state index contributed by atoms with van der Waals surface area (Å²) in [6.07, 6.45) is 3.29. The molecular formula is C40H57Cl3N7O9P. The molecule has 2 atom stereocenters. The number of benzene rings is 2. The molecule has 0 bridgehead atoms. The Morgan fingerprint density at radius 3 is 1.57 bits per heavy atom. The maximum atomic E-state index is 14.3. The Kier molecular flexibility index (Phi) is 24.4. The minimum atomic E-state index is -2.45. The van der Waals surface area contributed by atoms with E-state index in [4.69, 9.17) is 64.6 Å². The predicted molar refractivity (Wildman–Crippen MR) is 232 cm³/mol. The number of nitrogens with one attached hydrogen (secondary N) is 6. The Labute approximate surface area is 368 Å². The van der Waals surface area contributed by atoms with Gasteiger partial charge < -0.3 is 40.4 Å². The largest absolute Gasteiger partial charge is 0.460 e. The second kappa shape index (κ2) is 28.0. The number of carbonyl (C=O) groups is 4. The predicted octanol–water partition coefficient (Wildman–Crippen LogP) is 6.26. The molecule has 2 aromatic rings. The van der Waals surface area contributed by atoms with Gasteiger partial charge >= 0.3 is 24.0 Å². The van der Waals surface area contributed by atoms with Crippen LogP contribution in [-0.4, -0.2) is 108 Å². The highest BCUT2D eigenvalue weighted by atomic mass is 35.6. The minimum Gasteiger partial charge on any atom is -0.460 e. The molecule has 0 saturated carbocycles. The van der Waals surface area contributed by atoms with E-state index >= 15 is 0 Å². The van der Waals surface area contributed by atoms with Gasteiger partial charge in [0, 0.05) is 25.5 Å². The van der Waals surface area contributed by atoms with Gasteiger partial charge in [-0.15, -0.1) is 0 Å².